The fraction of sp³-hybridized carbons (Fsp3) is 0.200. The Bertz CT molecular complexity index is 1060. The van der Waals surface area contributed by atoms with Gasteiger partial charge in [-0.25, -0.2) is 0 Å². The average molecular weight is 370 g/mol. The molecule has 3 aromatic carbocycles. The zero-order valence-corrected chi connectivity index (χ0v) is 16.2. The molecule has 28 heavy (non-hydrogen) atoms. The average Bonchev–Trinajstić information content (AvgIpc) is 2.68. The van der Waals surface area contributed by atoms with Crippen molar-refractivity contribution in [2.75, 3.05) is 0 Å². The van der Waals surface area contributed by atoms with Gasteiger partial charge in [-0.3, -0.25) is 9.59 Å². The molecule has 0 aliphatic carbocycles. The maximum atomic E-state index is 13.4. The van der Waals surface area contributed by atoms with Gasteiger partial charge in [-0.05, 0) is 32.9 Å². The van der Waals surface area contributed by atoms with Crippen molar-refractivity contribution in [2.24, 2.45) is 5.92 Å². The van der Waals surface area contributed by atoms with Gasteiger partial charge in [-0.15, -0.1) is 0 Å². The molecular weight excluding hydrogens is 348 g/mol. The van der Waals surface area contributed by atoms with Crippen LogP contribution in [0.25, 0.3) is 0 Å². The first-order valence-electron chi connectivity index (χ1n) is 9.44. The van der Waals surface area contributed by atoms with E-state index >= 15 is 0 Å². The molecule has 4 rings (SSSR count). The van der Waals surface area contributed by atoms with E-state index in [1.807, 2.05) is 68.4 Å². The van der Waals surface area contributed by atoms with Gasteiger partial charge in [-0.1, -0.05) is 65.7 Å². The Morgan fingerprint density at radius 2 is 1.46 bits per heavy atom. The number of rotatable bonds is 4. The molecule has 0 amide bonds. The van der Waals surface area contributed by atoms with Gasteiger partial charge in [0, 0.05) is 22.6 Å². The van der Waals surface area contributed by atoms with Gasteiger partial charge in [0.1, 0.15) is 17.3 Å². The molecule has 2 atom stereocenters. The summed E-state index contributed by atoms with van der Waals surface area (Å²) in [5.74, 6) is -0.0510. The number of hydrogen-bond acceptors (Lipinski definition) is 3. The lowest BCUT2D eigenvalue weighted by Crippen LogP contribution is -2.31. The number of ketones is 2. The van der Waals surface area contributed by atoms with Crippen LogP contribution in [0.4, 0.5) is 0 Å². The maximum absolute atomic E-state index is 13.4. The molecule has 3 nitrogen and oxygen atoms in total. The van der Waals surface area contributed by atoms with E-state index in [0.29, 0.717) is 17.1 Å². The highest BCUT2D eigenvalue weighted by molar-refractivity contribution is 6.11. The Morgan fingerprint density at radius 1 is 0.821 bits per heavy atom. The van der Waals surface area contributed by atoms with E-state index in [1.165, 1.54) is 6.92 Å². The van der Waals surface area contributed by atoms with E-state index < -0.39 is 5.92 Å². The predicted molar refractivity (Wildman–Crippen MR) is 109 cm³/mol. The Balaban J connectivity index is 1.89. The number of carbonyl (C=O) groups is 2. The van der Waals surface area contributed by atoms with Gasteiger partial charge >= 0.3 is 0 Å². The highest BCUT2D eigenvalue weighted by Crippen LogP contribution is 2.48. The standard InChI is InChI=1S/C25H22O3/c1-15-8-11-18(12-9-15)25(27)23(17(3)26)24-19-6-4-5-7-21(19)28-22-13-10-16(2)14-20(22)24/h4-14,23-24H,1-3H3/t23-,24+/m0/s1. The minimum atomic E-state index is -0.798. The van der Waals surface area contributed by atoms with Gasteiger partial charge in [0.05, 0.1) is 5.92 Å². The first-order valence-corrected chi connectivity index (χ1v) is 9.44. The minimum absolute atomic E-state index is 0.139. The molecule has 0 radical (unpaired) electrons. The molecule has 3 aromatic rings. The van der Waals surface area contributed by atoms with Crippen molar-refractivity contribution in [3.8, 4) is 11.5 Å². The summed E-state index contributed by atoms with van der Waals surface area (Å²) in [7, 11) is 0. The summed E-state index contributed by atoms with van der Waals surface area (Å²) in [6.45, 7) is 5.48. The third-order valence-electron chi connectivity index (χ3n) is 5.36. The summed E-state index contributed by atoms with van der Waals surface area (Å²) in [6.07, 6.45) is 0. The van der Waals surface area contributed by atoms with Gasteiger partial charge in [0.25, 0.3) is 0 Å². The van der Waals surface area contributed by atoms with E-state index in [-0.39, 0.29) is 17.5 Å². The fourth-order valence-corrected chi connectivity index (χ4v) is 3.95. The molecule has 1 aliphatic rings. The molecule has 140 valence electrons. The van der Waals surface area contributed by atoms with Crippen molar-refractivity contribution in [1.29, 1.82) is 0 Å². The molecular formula is C25H22O3. The van der Waals surface area contributed by atoms with Crippen LogP contribution in [-0.4, -0.2) is 11.6 Å². The maximum Gasteiger partial charge on any atom is 0.174 e. The summed E-state index contributed by atoms with van der Waals surface area (Å²) in [5.41, 5.74) is 4.47. The van der Waals surface area contributed by atoms with E-state index in [4.69, 9.17) is 4.74 Å². The van der Waals surface area contributed by atoms with Gasteiger partial charge in [0.2, 0.25) is 0 Å². The van der Waals surface area contributed by atoms with Crippen molar-refractivity contribution < 1.29 is 14.3 Å². The lowest BCUT2D eigenvalue weighted by Gasteiger charge is -2.32. The summed E-state index contributed by atoms with van der Waals surface area (Å²) >= 11 is 0. The predicted octanol–water partition coefficient (Wildman–Crippen LogP) is 5.63. The molecule has 1 aliphatic heterocycles. The highest BCUT2D eigenvalue weighted by Gasteiger charge is 2.40. The third-order valence-corrected chi connectivity index (χ3v) is 5.36. The second-order valence-corrected chi connectivity index (χ2v) is 7.48. The molecule has 0 aromatic heterocycles. The van der Waals surface area contributed by atoms with Crippen LogP contribution in [0.2, 0.25) is 0 Å². The monoisotopic (exact) mass is 370 g/mol. The Labute approximate surface area is 165 Å². The number of Topliss-reactive ketones (excluding diaryl/α,β-unsaturated/α-hetero) is 2. The quantitative estimate of drug-likeness (QED) is 0.442. The molecule has 0 N–H and O–H groups in total. The van der Waals surface area contributed by atoms with Crippen LogP contribution in [0.1, 0.15) is 45.5 Å². The van der Waals surface area contributed by atoms with E-state index in [1.54, 1.807) is 12.1 Å². The van der Waals surface area contributed by atoms with Crippen LogP contribution in [0.5, 0.6) is 11.5 Å². The smallest absolute Gasteiger partial charge is 0.174 e. The van der Waals surface area contributed by atoms with Crippen LogP contribution in [0, 0.1) is 19.8 Å². The lowest BCUT2D eigenvalue weighted by atomic mass is 9.73. The summed E-state index contributed by atoms with van der Waals surface area (Å²) in [4.78, 5) is 26.2. The van der Waals surface area contributed by atoms with Gasteiger partial charge in [0.15, 0.2) is 5.78 Å². The largest absolute Gasteiger partial charge is 0.457 e. The number of ether oxygens (including phenoxy) is 1. The van der Waals surface area contributed by atoms with Gasteiger partial charge in [-0.2, -0.15) is 0 Å². The van der Waals surface area contributed by atoms with Crippen LogP contribution >= 0.6 is 0 Å². The van der Waals surface area contributed by atoms with Crippen molar-refractivity contribution in [3.05, 3.63) is 94.5 Å². The Hall–Kier alpha value is -3.20. The van der Waals surface area contributed by atoms with E-state index in [2.05, 4.69) is 0 Å². The number of benzene rings is 3. The normalized spacial score (nSPS) is 15.8. The van der Waals surface area contributed by atoms with E-state index in [0.717, 1.165) is 22.3 Å². The van der Waals surface area contributed by atoms with Crippen molar-refractivity contribution >= 4 is 11.6 Å². The molecule has 0 unspecified atom stereocenters. The highest BCUT2D eigenvalue weighted by atomic mass is 16.5. The van der Waals surface area contributed by atoms with E-state index in [9.17, 15) is 9.59 Å². The molecule has 3 heteroatoms. The Morgan fingerprint density at radius 3 is 2.18 bits per heavy atom. The first-order chi connectivity index (χ1) is 13.5. The van der Waals surface area contributed by atoms with Crippen LogP contribution in [-0.2, 0) is 4.79 Å². The number of fused-ring (bicyclic) bond motifs is 2. The molecule has 1 heterocycles. The summed E-state index contributed by atoms with van der Waals surface area (Å²) in [6, 6.07) is 21.0. The number of para-hydroxylation sites is 1. The lowest BCUT2D eigenvalue weighted by molar-refractivity contribution is -0.119. The summed E-state index contributed by atoms with van der Waals surface area (Å²) in [5, 5.41) is 0. The molecule has 0 saturated carbocycles. The molecule has 0 fully saturated rings. The topological polar surface area (TPSA) is 43.4 Å². The zero-order valence-electron chi connectivity index (χ0n) is 16.2. The molecule has 0 saturated heterocycles. The number of carbonyl (C=O) groups excluding carboxylic acids is 2. The fourth-order valence-electron chi connectivity index (χ4n) is 3.95. The SMILES string of the molecule is CC(=O)[C@H](C(=O)c1ccc(C)cc1)[C@@H]1c2ccccc2Oc2ccc(C)cc21. The number of hydrogen-bond donors (Lipinski definition) is 0. The third kappa shape index (κ3) is 3.13. The van der Waals surface area contributed by atoms with Crippen molar-refractivity contribution in [2.45, 2.75) is 26.7 Å². The van der Waals surface area contributed by atoms with Gasteiger partial charge < -0.3 is 4.74 Å². The van der Waals surface area contributed by atoms with Crippen LogP contribution in [0.15, 0.2) is 66.7 Å². The molecule has 0 bridgehead atoms. The minimum Gasteiger partial charge on any atom is -0.457 e. The second-order valence-electron chi connectivity index (χ2n) is 7.48. The molecule has 0 spiro atoms. The number of aryl methyl sites for hydroxylation is 2. The zero-order chi connectivity index (χ0) is 19.8. The van der Waals surface area contributed by atoms with Crippen LogP contribution in [0.3, 0.4) is 0 Å². The first kappa shape index (κ1) is 18.2. The second kappa shape index (κ2) is 7.08. The summed E-state index contributed by atoms with van der Waals surface area (Å²) < 4.78 is 6.07. The van der Waals surface area contributed by atoms with Crippen molar-refractivity contribution in [1.82, 2.24) is 0 Å². The van der Waals surface area contributed by atoms with Crippen LogP contribution < -0.4 is 4.74 Å². The Kier molecular flexibility index (Phi) is 4.60. The van der Waals surface area contributed by atoms with Crippen molar-refractivity contribution in [3.63, 3.8) is 0 Å².